The van der Waals surface area contributed by atoms with Gasteiger partial charge in [0.25, 0.3) is 0 Å². The number of nitrogens with one attached hydrogen (secondary N) is 3. The fourth-order valence-corrected chi connectivity index (χ4v) is 2.64. The molecule has 0 bridgehead atoms. The van der Waals surface area contributed by atoms with Crippen LogP contribution in [-0.4, -0.2) is 24.6 Å². The molecule has 92 valence electrons. The van der Waals surface area contributed by atoms with Crippen molar-refractivity contribution in [2.45, 2.75) is 6.04 Å². The van der Waals surface area contributed by atoms with Crippen molar-refractivity contribution in [2.75, 3.05) is 19.6 Å². The molecule has 1 aromatic heterocycles. The summed E-state index contributed by atoms with van der Waals surface area (Å²) in [7, 11) is 0. The van der Waals surface area contributed by atoms with Crippen molar-refractivity contribution in [1.29, 1.82) is 0 Å². The molecule has 1 aliphatic heterocycles. The standard InChI is InChI=1S/C12H14BrN3.ClH/c13-8-1-2-11-9(5-8)10(6-16-11)12-7-14-3-4-15-12;/h1-2,5-6,12,14-16H,3-4,7H2;1H/t12-;/m1./s1. The number of piperazine rings is 1. The summed E-state index contributed by atoms with van der Waals surface area (Å²) in [5.41, 5.74) is 2.55. The highest BCUT2D eigenvalue weighted by atomic mass is 79.9. The van der Waals surface area contributed by atoms with E-state index in [-0.39, 0.29) is 12.4 Å². The molecule has 17 heavy (non-hydrogen) atoms. The van der Waals surface area contributed by atoms with E-state index < -0.39 is 0 Å². The minimum Gasteiger partial charge on any atom is -0.361 e. The van der Waals surface area contributed by atoms with Gasteiger partial charge in [-0.3, -0.25) is 0 Å². The van der Waals surface area contributed by atoms with Gasteiger partial charge in [-0.15, -0.1) is 12.4 Å². The monoisotopic (exact) mass is 315 g/mol. The molecule has 2 aromatic rings. The summed E-state index contributed by atoms with van der Waals surface area (Å²) in [6.07, 6.45) is 2.11. The Kier molecular flexibility index (Phi) is 4.09. The van der Waals surface area contributed by atoms with Crippen LogP contribution in [0.2, 0.25) is 0 Å². The molecule has 1 aromatic carbocycles. The third kappa shape index (κ3) is 2.50. The zero-order valence-electron chi connectivity index (χ0n) is 9.29. The number of aromatic amines is 1. The lowest BCUT2D eigenvalue weighted by atomic mass is 10.0. The van der Waals surface area contributed by atoms with Crippen molar-refractivity contribution in [3.05, 3.63) is 34.4 Å². The number of H-pyrrole nitrogens is 1. The highest BCUT2D eigenvalue weighted by molar-refractivity contribution is 9.10. The Morgan fingerprint density at radius 1 is 1.24 bits per heavy atom. The van der Waals surface area contributed by atoms with Crippen LogP contribution in [0.4, 0.5) is 0 Å². The third-order valence-electron chi connectivity index (χ3n) is 3.09. The van der Waals surface area contributed by atoms with Crippen molar-refractivity contribution >= 4 is 39.2 Å². The minimum absolute atomic E-state index is 0. The first-order valence-electron chi connectivity index (χ1n) is 5.55. The second-order valence-corrected chi connectivity index (χ2v) is 5.06. The van der Waals surface area contributed by atoms with Crippen LogP contribution in [0.3, 0.4) is 0 Å². The first-order chi connectivity index (χ1) is 7.84. The Hall–Kier alpha value is -0.550. The largest absolute Gasteiger partial charge is 0.361 e. The molecule has 3 nitrogen and oxygen atoms in total. The van der Waals surface area contributed by atoms with Gasteiger partial charge in [-0.1, -0.05) is 15.9 Å². The van der Waals surface area contributed by atoms with Crippen LogP contribution in [0.15, 0.2) is 28.9 Å². The van der Waals surface area contributed by atoms with E-state index in [0.717, 1.165) is 24.1 Å². The first kappa shape index (κ1) is 12.9. The number of fused-ring (bicyclic) bond motifs is 1. The minimum atomic E-state index is 0. The number of aromatic nitrogens is 1. The smallest absolute Gasteiger partial charge is 0.0468 e. The van der Waals surface area contributed by atoms with Gasteiger partial charge in [0.2, 0.25) is 0 Å². The third-order valence-corrected chi connectivity index (χ3v) is 3.59. The average molecular weight is 317 g/mol. The maximum Gasteiger partial charge on any atom is 0.0468 e. The summed E-state index contributed by atoms with van der Waals surface area (Å²) in [6.45, 7) is 3.09. The van der Waals surface area contributed by atoms with E-state index >= 15 is 0 Å². The molecule has 1 saturated heterocycles. The van der Waals surface area contributed by atoms with Crippen molar-refractivity contribution in [3.8, 4) is 0 Å². The van der Waals surface area contributed by atoms with E-state index in [4.69, 9.17) is 0 Å². The Bertz CT molecular complexity index is 505. The van der Waals surface area contributed by atoms with Gasteiger partial charge in [0.1, 0.15) is 0 Å². The van der Waals surface area contributed by atoms with E-state index in [1.54, 1.807) is 0 Å². The molecule has 0 radical (unpaired) electrons. The normalized spacial score (nSPS) is 20.2. The molecular weight excluding hydrogens is 302 g/mol. The van der Waals surface area contributed by atoms with Gasteiger partial charge in [-0.05, 0) is 23.8 Å². The number of halogens is 2. The number of hydrogen-bond donors (Lipinski definition) is 3. The topological polar surface area (TPSA) is 39.9 Å². The van der Waals surface area contributed by atoms with Crippen LogP contribution in [-0.2, 0) is 0 Å². The molecule has 1 fully saturated rings. The summed E-state index contributed by atoms with van der Waals surface area (Å²) in [6, 6.07) is 6.77. The molecule has 0 aliphatic carbocycles. The average Bonchev–Trinajstić information content (AvgIpc) is 2.73. The van der Waals surface area contributed by atoms with Gasteiger partial charge in [0.15, 0.2) is 0 Å². The van der Waals surface area contributed by atoms with Gasteiger partial charge < -0.3 is 15.6 Å². The lowest BCUT2D eigenvalue weighted by Gasteiger charge is -2.24. The zero-order chi connectivity index (χ0) is 11.0. The summed E-state index contributed by atoms with van der Waals surface area (Å²) in [5.74, 6) is 0. The molecule has 2 heterocycles. The van der Waals surface area contributed by atoms with Crippen molar-refractivity contribution in [2.24, 2.45) is 0 Å². The van der Waals surface area contributed by atoms with Crippen molar-refractivity contribution in [1.82, 2.24) is 15.6 Å². The van der Waals surface area contributed by atoms with Crippen molar-refractivity contribution in [3.63, 3.8) is 0 Å². The van der Waals surface area contributed by atoms with Gasteiger partial charge in [-0.25, -0.2) is 0 Å². The Morgan fingerprint density at radius 3 is 2.88 bits per heavy atom. The van der Waals surface area contributed by atoms with E-state index in [2.05, 4.69) is 55.9 Å². The highest BCUT2D eigenvalue weighted by Crippen LogP contribution is 2.27. The zero-order valence-corrected chi connectivity index (χ0v) is 11.7. The molecule has 1 aliphatic rings. The lowest BCUT2D eigenvalue weighted by Crippen LogP contribution is -2.42. The number of rotatable bonds is 1. The summed E-state index contributed by atoms with van der Waals surface area (Å²) in [4.78, 5) is 3.32. The maximum absolute atomic E-state index is 3.54. The van der Waals surface area contributed by atoms with Crippen LogP contribution in [0.1, 0.15) is 11.6 Å². The fraction of sp³-hybridized carbons (Fsp3) is 0.333. The molecule has 3 rings (SSSR count). The van der Waals surface area contributed by atoms with Crippen molar-refractivity contribution < 1.29 is 0 Å². The molecule has 0 saturated carbocycles. The Labute approximate surface area is 115 Å². The first-order valence-corrected chi connectivity index (χ1v) is 6.34. The van der Waals surface area contributed by atoms with Crippen LogP contribution in [0.25, 0.3) is 10.9 Å². The summed E-state index contributed by atoms with van der Waals surface area (Å²) in [5, 5.41) is 8.25. The van der Waals surface area contributed by atoms with Gasteiger partial charge >= 0.3 is 0 Å². The van der Waals surface area contributed by atoms with Crippen LogP contribution in [0.5, 0.6) is 0 Å². The van der Waals surface area contributed by atoms with Crippen LogP contribution >= 0.6 is 28.3 Å². The molecule has 0 amide bonds. The van der Waals surface area contributed by atoms with E-state index in [1.807, 2.05) is 0 Å². The Balaban J connectivity index is 0.00000108. The van der Waals surface area contributed by atoms with Gasteiger partial charge in [0, 0.05) is 47.2 Å². The molecular formula is C12H15BrClN3. The fourth-order valence-electron chi connectivity index (χ4n) is 2.28. The summed E-state index contributed by atoms with van der Waals surface area (Å²) < 4.78 is 1.13. The molecule has 0 unspecified atom stereocenters. The van der Waals surface area contributed by atoms with Gasteiger partial charge in [0.05, 0.1) is 0 Å². The maximum atomic E-state index is 3.54. The quantitative estimate of drug-likeness (QED) is 0.757. The van der Waals surface area contributed by atoms with Crippen LogP contribution in [0, 0.1) is 0 Å². The number of benzene rings is 1. The second kappa shape index (κ2) is 5.40. The molecule has 0 spiro atoms. The molecule has 3 N–H and O–H groups in total. The second-order valence-electron chi connectivity index (χ2n) is 4.14. The predicted molar refractivity (Wildman–Crippen MR) is 76.9 cm³/mol. The summed E-state index contributed by atoms with van der Waals surface area (Å²) >= 11 is 3.53. The SMILES string of the molecule is Brc1ccc2[nH]cc([C@H]3CNCCN3)c2c1.Cl. The lowest BCUT2D eigenvalue weighted by molar-refractivity contribution is 0.432. The van der Waals surface area contributed by atoms with E-state index in [0.29, 0.717) is 6.04 Å². The molecule has 5 heteroatoms. The van der Waals surface area contributed by atoms with E-state index in [9.17, 15) is 0 Å². The van der Waals surface area contributed by atoms with Crippen LogP contribution < -0.4 is 10.6 Å². The number of hydrogen-bond acceptors (Lipinski definition) is 2. The van der Waals surface area contributed by atoms with E-state index in [1.165, 1.54) is 16.5 Å². The Morgan fingerprint density at radius 2 is 2.12 bits per heavy atom. The highest BCUT2D eigenvalue weighted by Gasteiger charge is 2.17. The van der Waals surface area contributed by atoms with Gasteiger partial charge in [-0.2, -0.15) is 0 Å². The predicted octanol–water partition coefficient (Wildman–Crippen LogP) is 2.59. The molecule has 1 atom stereocenters.